The van der Waals surface area contributed by atoms with Gasteiger partial charge in [-0.1, -0.05) is 15.9 Å². The van der Waals surface area contributed by atoms with Crippen LogP contribution in [0.4, 0.5) is 0 Å². The molecule has 2 nitrogen and oxygen atoms in total. The van der Waals surface area contributed by atoms with Crippen LogP contribution in [-0.2, 0) is 10.1 Å². The highest BCUT2D eigenvalue weighted by Gasteiger charge is 2.12. The van der Waals surface area contributed by atoms with E-state index in [-0.39, 0.29) is 6.10 Å². The minimum atomic E-state index is 0.0208. The highest BCUT2D eigenvalue weighted by Crippen LogP contribution is 2.35. The molecule has 0 spiro atoms. The van der Waals surface area contributed by atoms with Crippen LogP contribution in [0.1, 0.15) is 12.5 Å². The maximum Gasteiger partial charge on any atom is 0.148 e. The van der Waals surface area contributed by atoms with Crippen molar-refractivity contribution in [2.24, 2.45) is 0 Å². The minimum absolute atomic E-state index is 0.0208. The van der Waals surface area contributed by atoms with E-state index in [1.54, 1.807) is 7.11 Å². The standard InChI is InChI=1S/C11H13Br3O2/c1-7(6-15-2)16-11-9(13)3-8(5-12)4-10(11)14/h3-4,7H,5-6H2,1-2H3. The molecular weight excluding hydrogens is 404 g/mol. The molecule has 0 saturated carbocycles. The smallest absolute Gasteiger partial charge is 0.148 e. The fourth-order valence-corrected chi connectivity index (χ4v) is 3.06. The van der Waals surface area contributed by atoms with E-state index in [1.807, 2.05) is 19.1 Å². The number of hydrogen-bond donors (Lipinski definition) is 0. The van der Waals surface area contributed by atoms with Crippen LogP contribution in [0.15, 0.2) is 21.1 Å². The van der Waals surface area contributed by atoms with Crippen molar-refractivity contribution in [3.63, 3.8) is 0 Å². The highest BCUT2D eigenvalue weighted by molar-refractivity contribution is 9.11. The molecule has 0 amide bonds. The van der Waals surface area contributed by atoms with E-state index in [0.29, 0.717) is 6.61 Å². The van der Waals surface area contributed by atoms with Crippen LogP contribution in [0.5, 0.6) is 5.75 Å². The lowest BCUT2D eigenvalue weighted by molar-refractivity contribution is 0.0910. The van der Waals surface area contributed by atoms with Gasteiger partial charge >= 0.3 is 0 Å². The Labute approximate surface area is 121 Å². The van der Waals surface area contributed by atoms with E-state index in [4.69, 9.17) is 9.47 Å². The fraction of sp³-hybridized carbons (Fsp3) is 0.455. The number of hydrogen-bond acceptors (Lipinski definition) is 2. The van der Waals surface area contributed by atoms with Crippen molar-refractivity contribution in [1.82, 2.24) is 0 Å². The molecule has 0 bridgehead atoms. The van der Waals surface area contributed by atoms with Gasteiger partial charge in [0.1, 0.15) is 11.9 Å². The third kappa shape index (κ3) is 4.02. The van der Waals surface area contributed by atoms with Crippen LogP contribution in [0.2, 0.25) is 0 Å². The first-order valence-electron chi connectivity index (χ1n) is 4.78. The van der Waals surface area contributed by atoms with Crippen molar-refractivity contribution in [2.45, 2.75) is 18.4 Å². The lowest BCUT2D eigenvalue weighted by Gasteiger charge is -2.17. The summed E-state index contributed by atoms with van der Waals surface area (Å²) in [4.78, 5) is 0. The van der Waals surface area contributed by atoms with Gasteiger partial charge in [0.05, 0.1) is 15.6 Å². The van der Waals surface area contributed by atoms with Gasteiger partial charge < -0.3 is 9.47 Å². The van der Waals surface area contributed by atoms with Crippen molar-refractivity contribution < 1.29 is 9.47 Å². The summed E-state index contributed by atoms with van der Waals surface area (Å²) in [6.07, 6.45) is 0.0208. The average Bonchev–Trinajstić information content (AvgIpc) is 2.23. The van der Waals surface area contributed by atoms with Crippen molar-refractivity contribution in [1.29, 1.82) is 0 Å². The number of benzene rings is 1. The molecule has 5 heteroatoms. The number of ether oxygens (including phenoxy) is 2. The Hall–Kier alpha value is 0.420. The molecule has 0 fully saturated rings. The molecule has 90 valence electrons. The molecule has 1 unspecified atom stereocenters. The maximum atomic E-state index is 5.78. The molecule has 0 radical (unpaired) electrons. The molecule has 0 aliphatic heterocycles. The Morgan fingerprint density at radius 1 is 1.25 bits per heavy atom. The molecule has 16 heavy (non-hydrogen) atoms. The molecule has 0 aliphatic carbocycles. The first-order chi connectivity index (χ1) is 7.58. The molecule has 0 N–H and O–H groups in total. The number of rotatable bonds is 5. The topological polar surface area (TPSA) is 18.5 Å². The number of alkyl halides is 1. The predicted molar refractivity (Wildman–Crippen MR) is 76.4 cm³/mol. The molecule has 0 aliphatic rings. The van der Waals surface area contributed by atoms with Gasteiger partial charge in [-0.25, -0.2) is 0 Å². The van der Waals surface area contributed by atoms with E-state index in [1.165, 1.54) is 5.56 Å². The Morgan fingerprint density at radius 3 is 2.25 bits per heavy atom. The average molecular weight is 417 g/mol. The third-order valence-corrected chi connectivity index (χ3v) is 3.76. The Balaban J connectivity index is 2.87. The Morgan fingerprint density at radius 2 is 1.81 bits per heavy atom. The van der Waals surface area contributed by atoms with E-state index in [9.17, 15) is 0 Å². The summed E-state index contributed by atoms with van der Waals surface area (Å²) in [5, 5.41) is 0.818. The van der Waals surface area contributed by atoms with Crippen molar-refractivity contribution in [3.8, 4) is 5.75 Å². The van der Waals surface area contributed by atoms with E-state index < -0.39 is 0 Å². The van der Waals surface area contributed by atoms with Gasteiger partial charge in [0.25, 0.3) is 0 Å². The van der Waals surface area contributed by atoms with Gasteiger partial charge in [0, 0.05) is 12.4 Å². The van der Waals surface area contributed by atoms with Crippen LogP contribution < -0.4 is 4.74 Å². The zero-order valence-electron chi connectivity index (χ0n) is 9.10. The van der Waals surface area contributed by atoms with E-state index in [0.717, 1.165) is 20.0 Å². The summed E-state index contributed by atoms with van der Waals surface area (Å²) < 4.78 is 12.7. The summed E-state index contributed by atoms with van der Waals surface area (Å²) >= 11 is 10.4. The van der Waals surface area contributed by atoms with Gasteiger partial charge in [-0.05, 0) is 56.5 Å². The quantitative estimate of drug-likeness (QED) is 0.657. The SMILES string of the molecule is COCC(C)Oc1c(Br)cc(CBr)cc1Br. The highest BCUT2D eigenvalue weighted by atomic mass is 79.9. The third-order valence-electron chi connectivity index (χ3n) is 1.93. The van der Waals surface area contributed by atoms with Crippen LogP contribution in [-0.4, -0.2) is 19.8 Å². The van der Waals surface area contributed by atoms with Gasteiger partial charge in [0.2, 0.25) is 0 Å². The maximum absolute atomic E-state index is 5.78. The van der Waals surface area contributed by atoms with E-state index >= 15 is 0 Å². The van der Waals surface area contributed by atoms with Gasteiger partial charge in [-0.15, -0.1) is 0 Å². The predicted octanol–water partition coefficient (Wildman–Crippen LogP) is 4.52. The minimum Gasteiger partial charge on any atom is -0.486 e. The molecule has 0 heterocycles. The first kappa shape index (κ1) is 14.5. The molecule has 0 saturated heterocycles. The second kappa shape index (κ2) is 6.99. The molecule has 1 aromatic carbocycles. The largest absolute Gasteiger partial charge is 0.486 e. The van der Waals surface area contributed by atoms with Crippen LogP contribution >= 0.6 is 47.8 Å². The summed E-state index contributed by atoms with van der Waals surface area (Å²) in [6.45, 7) is 2.54. The van der Waals surface area contributed by atoms with Crippen LogP contribution in [0.3, 0.4) is 0 Å². The zero-order valence-corrected chi connectivity index (χ0v) is 13.9. The van der Waals surface area contributed by atoms with Crippen molar-refractivity contribution >= 4 is 47.8 Å². The second-order valence-corrected chi connectivity index (χ2v) is 5.68. The van der Waals surface area contributed by atoms with E-state index in [2.05, 4.69) is 47.8 Å². The molecule has 1 aromatic rings. The Bertz CT molecular complexity index is 332. The molecule has 0 aromatic heterocycles. The lowest BCUT2D eigenvalue weighted by atomic mass is 10.2. The lowest BCUT2D eigenvalue weighted by Crippen LogP contribution is -2.18. The number of methoxy groups -OCH3 is 1. The summed E-state index contributed by atoms with van der Waals surface area (Å²) in [6, 6.07) is 4.07. The number of halogens is 3. The van der Waals surface area contributed by atoms with Gasteiger partial charge in [-0.2, -0.15) is 0 Å². The first-order valence-corrected chi connectivity index (χ1v) is 7.48. The zero-order chi connectivity index (χ0) is 12.1. The summed E-state index contributed by atoms with van der Waals surface area (Å²) in [5.74, 6) is 0.814. The second-order valence-electron chi connectivity index (χ2n) is 3.41. The Kier molecular flexibility index (Phi) is 6.32. The van der Waals surface area contributed by atoms with Gasteiger partial charge in [0.15, 0.2) is 0 Å². The summed E-state index contributed by atoms with van der Waals surface area (Å²) in [7, 11) is 1.66. The fourth-order valence-electron chi connectivity index (χ4n) is 1.27. The van der Waals surface area contributed by atoms with Crippen molar-refractivity contribution in [2.75, 3.05) is 13.7 Å². The van der Waals surface area contributed by atoms with Crippen LogP contribution in [0.25, 0.3) is 0 Å². The molecule has 1 atom stereocenters. The van der Waals surface area contributed by atoms with Gasteiger partial charge in [-0.3, -0.25) is 0 Å². The summed E-state index contributed by atoms with van der Waals surface area (Å²) in [5.41, 5.74) is 1.19. The normalized spacial score (nSPS) is 12.6. The monoisotopic (exact) mass is 414 g/mol. The molecule has 1 rings (SSSR count). The van der Waals surface area contributed by atoms with Crippen LogP contribution in [0, 0.1) is 0 Å². The van der Waals surface area contributed by atoms with Crippen molar-refractivity contribution in [3.05, 3.63) is 26.6 Å². The molecular formula is C11H13Br3O2.